The van der Waals surface area contributed by atoms with E-state index in [4.69, 9.17) is 0 Å². The lowest BCUT2D eigenvalue weighted by molar-refractivity contribution is 0.0727. The molecule has 0 aromatic rings. The summed E-state index contributed by atoms with van der Waals surface area (Å²) < 4.78 is 0. The SMILES string of the molecule is CN(C)C1CCN(C2CCCCC2C#N)CC1. The lowest BCUT2D eigenvalue weighted by Crippen LogP contribution is -2.49. The molecule has 3 heteroatoms. The highest BCUT2D eigenvalue weighted by atomic mass is 15.2. The quantitative estimate of drug-likeness (QED) is 0.734. The maximum absolute atomic E-state index is 9.25. The second-order valence-corrected chi connectivity index (χ2v) is 5.82. The van der Waals surface area contributed by atoms with Crippen molar-refractivity contribution in [1.29, 1.82) is 5.26 Å². The lowest BCUT2D eigenvalue weighted by Gasteiger charge is -2.42. The van der Waals surface area contributed by atoms with Gasteiger partial charge in [-0.05, 0) is 52.9 Å². The van der Waals surface area contributed by atoms with E-state index in [-0.39, 0.29) is 0 Å². The fourth-order valence-corrected chi connectivity index (χ4v) is 3.43. The number of nitrogens with zero attached hydrogens (tertiary/aromatic N) is 3. The Balaban J connectivity index is 1.89. The van der Waals surface area contributed by atoms with Crippen LogP contribution in [0.5, 0.6) is 0 Å². The number of nitriles is 1. The number of hydrogen-bond donors (Lipinski definition) is 0. The fourth-order valence-electron chi connectivity index (χ4n) is 3.43. The minimum Gasteiger partial charge on any atom is -0.306 e. The minimum absolute atomic E-state index is 0.291. The monoisotopic (exact) mass is 235 g/mol. The summed E-state index contributed by atoms with van der Waals surface area (Å²) >= 11 is 0. The normalized spacial score (nSPS) is 32.6. The molecule has 0 spiro atoms. The van der Waals surface area contributed by atoms with E-state index in [0.29, 0.717) is 12.0 Å². The second-order valence-electron chi connectivity index (χ2n) is 5.82. The largest absolute Gasteiger partial charge is 0.306 e. The topological polar surface area (TPSA) is 30.3 Å². The molecule has 1 aliphatic carbocycles. The van der Waals surface area contributed by atoms with Gasteiger partial charge in [-0.1, -0.05) is 12.8 Å². The van der Waals surface area contributed by atoms with Gasteiger partial charge in [-0.2, -0.15) is 5.26 Å². The summed E-state index contributed by atoms with van der Waals surface area (Å²) in [7, 11) is 4.36. The van der Waals surface area contributed by atoms with Crippen LogP contribution >= 0.6 is 0 Å². The minimum atomic E-state index is 0.291. The molecule has 0 N–H and O–H groups in total. The smallest absolute Gasteiger partial charge is 0.0672 e. The van der Waals surface area contributed by atoms with E-state index in [1.165, 1.54) is 45.2 Å². The number of likely N-dealkylation sites (tertiary alicyclic amines) is 1. The first-order valence-corrected chi connectivity index (χ1v) is 7.02. The summed E-state index contributed by atoms with van der Waals surface area (Å²) in [6.07, 6.45) is 7.46. The molecule has 2 atom stereocenters. The van der Waals surface area contributed by atoms with E-state index in [1.807, 2.05) is 0 Å². The van der Waals surface area contributed by atoms with Crippen LogP contribution in [0.15, 0.2) is 0 Å². The average Bonchev–Trinajstić information content (AvgIpc) is 2.39. The highest BCUT2D eigenvalue weighted by Crippen LogP contribution is 2.30. The molecule has 0 aromatic carbocycles. The van der Waals surface area contributed by atoms with Gasteiger partial charge in [0.1, 0.15) is 0 Å². The van der Waals surface area contributed by atoms with Crippen LogP contribution in [0.2, 0.25) is 0 Å². The van der Waals surface area contributed by atoms with Crippen LogP contribution < -0.4 is 0 Å². The molecular formula is C14H25N3. The van der Waals surface area contributed by atoms with Gasteiger partial charge >= 0.3 is 0 Å². The summed E-state index contributed by atoms with van der Waals surface area (Å²) in [5.74, 6) is 0.291. The average molecular weight is 235 g/mol. The van der Waals surface area contributed by atoms with E-state index in [1.54, 1.807) is 0 Å². The molecule has 1 aliphatic heterocycles. The van der Waals surface area contributed by atoms with Gasteiger partial charge in [0, 0.05) is 12.1 Å². The van der Waals surface area contributed by atoms with E-state index in [0.717, 1.165) is 12.5 Å². The van der Waals surface area contributed by atoms with Gasteiger partial charge in [0.2, 0.25) is 0 Å². The zero-order valence-electron chi connectivity index (χ0n) is 11.2. The van der Waals surface area contributed by atoms with Crippen molar-refractivity contribution in [3.8, 4) is 6.07 Å². The third kappa shape index (κ3) is 3.00. The highest BCUT2D eigenvalue weighted by molar-refractivity contribution is 4.97. The fraction of sp³-hybridized carbons (Fsp3) is 0.929. The number of hydrogen-bond acceptors (Lipinski definition) is 3. The molecule has 2 unspecified atom stereocenters. The van der Waals surface area contributed by atoms with Gasteiger partial charge in [-0.3, -0.25) is 4.90 Å². The lowest BCUT2D eigenvalue weighted by atomic mass is 9.83. The summed E-state index contributed by atoms with van der Waals surface area (Å²) in [5.41, 5.74) is 0. The zero-order chi connectivity index (χ0) is 12.3. The van der Waals surface area contributed by atoms with Crippen molar-refractivity contribution in [3.05, 3.63) is 0 Å². The molecule has 2 fully saturated rings. The van der Waals surface area contributed by atoms with Gasteiger partial charge in [-0.25, -0.2) is 0 Å². The van der Waals surface area contributed by atoms with Crippen molar-refractivity contribution in [1.82, 2.24) is 9.80 Å². The Bertz CT molecular complexity index is 274. The molecule has 0 bridgehead atoms. The van der Waals surface area contributed by atoms with Gasteiger partial charge in [0.25, 0.3) is 0 Å². The Morgan fingerprint density at radius 1 is 1.06 bits per heavy atom. The second kappa shape index (κ2) is 5.84. The van der Waals surface area contributed by atoms with Crippen molar-refractivity contribution in [2.75, 3.05) is 27.2 Å². The molecule has 1 saturated carbocycles. The third-order valence-corrected chi connectivity index (χ3v) is 4.59. The van der Waals surface area contributed by atoms with Gasteiger partial charge < -0.3 is 4.90 Å². The van der Waals surface area contributed by atoms with Crippen molar-refractivity contribution >= 4 is 0 Å². The standard InChI is InChI=1S/C14H25N3/c1-16(2)13-7-9-17(10-8-13)14-6-4-3-5-12(14)11-15/h12-14H,3-10H2,1-2H3. The molecule has 0 radical (unpaired) electrons. The van der Waals surface area contributed by atoms with Gasteiger partial charge in [0.05, 0.1) is 12.0 Å². The van der Waals surface area contributed by atoms with Gasteiger partial charge in [0.15, 0.2) is 0 Å². The van der Waals surface area contributed by atoms with Crippen LogP contribution in [0.3, 0.4) is 0 Å². The third-order valence-electron chi connectivity index (χ3n) is 4.59. The molecule has 0 aromatic heterocycles. The maximum Gasteiger partial charge on any atom is 0.0672 e. The molecule has 2 aliphatic rings. The zero-order valence-corrected chi connectivity index (χ0v) is 11.2. The summed E-state index contributed by atoms with van der Waals surface area (Å²) in [4.78, 5) is 4.94. The van der Waals surface area contributed by atoms with Crippen LogP contribution in [-0.4, -0.2) is 49.1 Å². The van der Waals surface area contributed by atoms with Crippen LogP contribution in [0.1, 0.15) is 38.5 Å². The first kappa shape index (κ1) is 12.9. The molecule has 1 saturated heterocycles. The van der Waals surface area contributed by atoms with Crippen molar-refractivity contribution in [2.24, 2.45) is 5.92 Å². The van der Waals surface area contributed by atoms with Crippen LogP contribution in [0.25, 0.3) is 0 Å². The molecule has 3 nitrogen and oxygen atoms in total. The first-order chi connectivity index (χ1) is 8.22. The molecule has 0 amide bonds. The Hall–Kier alpha value is -0.590. The Morgan fingerprint density at radius 2 is 1.71 bits per heavy atom. The van der Waals surface area contributed by atoms with Crippen LogP contribution in [-0.2, 0) is 0 Å². The predicted molar refractivity (Wildman–Crippen MR) is 69.6 cm³/mol. The van der Waals surface area contributed by atoms with E-state index < -0.39 is 0 Å². The van der Waals surface area contributed by atoms with Crippen molar-refractivity contribution in [3.63, 3.8) is 0 Å². The predicted octanol–water partition coefficient (Wildman–Crippen LogP) is 2.09. The Labute approximate surface area is 105 Å². The van der Waals surface area contributed by atoms with Crippen molar-refractivity contribution < 1.29 is 0 Å². The van der Waals surface area contributed by atoms with E-state index in [2.05, 4.69) is 30.0 Å². The highest BCUT2D eigenvalue weighted by Gasteiger charge is 2.32. The first-order valence-electron chi connectivity index (χ1n) is 7.02. The Morgan fingerprint density at radius 3 is 2.29 bits per heavy atom. The molecule has 96 valence electrons. The Kier molecular flexibility index (Phi) is 4.42. The number of rotatable bonds is 2. The maximum atomic E-state index is 9.25. The molecular weight excluding hydrogens is 210 g/mol. The van der Waals surface area contributed by atoms with Crippen LogP contribution in [0, 0.1) is 17.2 Å². The number of piperidine rings is 1. The molecule has 2 rings (SSSR count). The molecule has 1 heterocycles. The van der Waals surface area contributed by atoms with Gasteiger partial charge in [-0.15, -0.1) is 0 Å². The molecule has 17 heavy (non-hydrogen) atoms. The summed E-state index contributed by atoms with van der Waals surface area (Å²) in [6, 6.07) is 3.83. The van der Waals surface area contributed by atoms with Crippen LogP contribution in [0.4, 0.5) is 0 Å². The van der Waals surface area contributed by atoms with E-state index in [9.17, 15) is 5.26 Å². The summed E-state index contributed by atoms with van der Waals surface area (Å²) in [6.45, 7) is 2.37. The van der Waals surface area contributed by atoms with Crippen molar-refractivity contribution in [2.45, 2.75) is 50.6 Å². The summed E-state index contributed by atoms with van der Waals surface area (Å²) in [5, 5.41) is 9.25. The van der Waals surface area contributed by atoms with E-state index >= 15 is 0 Å².